The van der Waals surface area contributed by atoms with E-state index < -0.39 is 5.41 Å². The van der Waals surface area contributed by atoms with Crippen LogP contribution in [-0.2, 0) is 10.8 Å². The highest BCUT2D eigenvalue weighted by Gasteiger charge is 2.46. The zero-order chi connectivity index (χ0) is 40.0. The number of para-hydroxylation sites is 1. The van der Waals surface area contributed by atoms with Gasteiger partial charge in [0.25, 0.3) is 0 Å². The Morgan fingerprint density at radius 2 is 0.967 bits per heavy atom. The molecule has 2 aliphatic carbocycles. The lowest BCUT2D eigenvalue weighted by atomic mass is 9.67. The summed E-state index contributed by atoms with van der Waals surface area (Å²) >= 11 is 0. The minimum atomic E-state index is -0.512. The number of nitrogens with zero attached hydrogens (tertiary/aromatic N) is 1. The van der Waals surface area contributed by atoms with Crippen LogP contribution in [-0.4, -0.2) is 0 Å². The van der Waals surface area contributed by atoms with Crippen molar-refractivity contribution in [2.75, 3.05) is 4.90 Å². The van der Waals surface area contributed by atoms with Crippen LogP contribution >= 0.6 is 0 Å². The molecule has 0 spiro atoms. The van der Waals surface area contributed by atoms with Crippen LogP contribution in [0.4, 0.5) is 17.1 Å². The normalized spacial score (nSPS) is 14.1. The minimum Gasteiger partial charge on any atom is -0.454 e. The molecule has 0 N–H and O–H groups in total. The van der Waals surface area contributed by atoms with E-state index in [0.29, 0.717) is 0 Å². The number of hydrogen-bond acceptors (Lipinski definition) is 2. The van der Waals surface area contributed by atoms with E-state index >= 15 is 0 Å². The highest BCUT2D eigenvalue weighted by atomic mass is 16.3. The van der Waals surface area contributed by atoms with Gasteiger partial charge in [-0.3, -0.25) is 0 Å². The standard InChI is InChI=1S/C58H41NO/c1-57(2)48-25-12-11-23-47(48)55-51(57)28-16-29-52(55)59(42-34-31-39(32-35-42)38-17-5-3-6-18-38)53-30-15-24-46-45-36-33-41(37-54(45)60-56(46)53)58(40-19-7-4-8-20-40)49-26-13-9-21-43(49)44-22-10-14-27-50(44)58/h3-37H,1-2H3. The number of hydrogen-bond donors (Lipinski definition) is 0. The SMILES string of the molecule is CC1(C)c2ccccc2-c2c(N(c3ccc(-c4ccccc4)cc3)c3cccc4c3oc3cc(C5(c6ccccc6)c6ccccc6-c6ccccc65)ccc34)cccc21. The van der Waals surface area contributed by atoms with Crippen LogP contribution in [0.15, 0.2) is 217 Å². The molecule has 2 aliphatic rings. The van der Waals surface area contributed by atoms with Crippen molar-refractivity contribution in [3.63, 3.8) is 0 Å². The van der Waals surface area contributed by atoms with Gasteiger partial charge in [-0.15, -0.1) is 0 Å². The Morgan fingerprint density at radius 3 is 1.68 bits per heavy atom. The van der Waals surface area contributed by atoms with Crippen molar-refractivity contribution < 1.29 is 4.42 Å². The van der Waals surface area contributed by atoms with Crippen molar-refractivity contribution in [1.29, 1.82) is 0 Å². The average Bonchev–Trinajstić information content (AvgIpc) is 3.92. The molecule has 0 saturated heterocycles. The maximum atomic E-state index is 7.25. The first-order chi connectivity index (χ1) is 29.5. The fourth-order valence-electron chi connectivity index (χ4n) is 10.7. The molecule has 2 nitrogen and oxygen atoms in total. The molecule has 1 heterocycles. The molecule has 0 aliphatic heterocycles. The molecule has 0 unspecified atom stereocenters. The van der Waals surface area contributed by atoms with Gasteiger partial charge < -0.3 is 9.32 Å². The second kappa shape index (κ2) is 13.0. The second-order valence-electron chi connectivity index (χ2n) is 16.8. The van der Waals surface area contributed by atoms with Gasteiger partial charge in [0.05, 0.1) is 16.8 Å². The lowest BCUT2D eigenvalue weighted by Gasteiger charge is -2.33. The van der Waals surface area contributed by atoms with E-state index in [1.54, 1.807) is 0 Å². The molecule has 1 aromatic heterocycles. The van der Waals surface area contributed by atoms with Crippen molar-refractivity contribution >= 4 is 39.0 Å². The van der Waals surface area contributed by atoms with Gasteiger partial charge in [-0.25, -0.2) is 0 Å². The largest absolute Gasteiger partial charge is 0.454 e. The molecule has 0 bridgehead atoms. The van der Waals surface area contributed by atoms with Gasteiger partial charge in [0.1, 0.15) is 5.58 Å². The monoisotopic (exact) mass is 767 g/mol. The van der Waals surface area contributed by atoms with Crippen LogP contribution in [0.5, 0.6) is 0 Å². The third-order valence-electron chi connectivity index (χ3n) is 13.4. The fourth-order valence-corrected chi connectivity index (χ4v) is 10.7. The Kier molecular flexibility index (Phi) is 7.52. The molecular formula is C58H41NO. The smallest absolute Gasteiger partial charge is 0.159 e. The number of anilines is 3. The molecule has 0 amide bonds. The predicted octanol–water partition coefficient (Wildman–Crippen LogP) is 15.4. The Morgan fingerprint density at radius 1 is 0.400 bits per heavy atom. The van der Waals surface area contributed by atoms with Crippen molar-refractivity contribution in [3.8, 4) is 33.4 Å². The van der Waals surface area contributed by atoms with Crippen LogP contribution in [0, 0.1) is 0 Å². The summed E-state index contributed by atoms with van der Waals surface area (Å²) in [4.78, 5) is 2.42. The van der Waals surface area contributed by atoms with Gasteiger partial charge in [0, 0.05) is 27.4 Å². The average molecular weight is 768 g/mol. The van der Waals surface area contributed by atoms with E-state index in [1.165, 1.54) is 66.8 Å². The van der Waals surface area contributed by atoms with Gasteiger partial charge in [-0.05, 0) is 91.5 Å². The van der Waals surface area contributed by atoms with Crippen LogP contribution in [0.3, 0.4) is 0 Å². The van der Waals surface area contributed by atoms with Crippen LogP contribution in [0.25, 0.3) is 55.3 Å². The molecule has 12 rings (SSSR count). The molecule has 0 saturated carbocycles. The van der Waals surface area contributed by atoms with Gasteiger partial charge in [0.15, 0.2) is 5.58 Å². The quantitative estimate of drug-likeness (QED) is 0.168. The summed E-state index contributed by atoms with van der Waals surface area (Å²) in [5.74, 6) is 0. The Labute approximate surface area is 350 Å². The summed E-state index contributed by atoms with van der Waals surface area (Å²) in [7, 11) is 0. The highest BCUT2D eigenvalue weighted by molar-refractivity contribution is 6.11. The molecule has 9 aromatic carbocycles. The zero-order valence-corrected chi connectivity index (χ0v) is 33.6. The van der Waals surface area contributed by atoms with E-state index in [2.05, 4.69) is 231 Å². The van der Waals surface area contributed by atoms with E-state index in [0.717, 1.165) is 39.0 Å². The summed E-state index contributed by atoms with van der Waals surface area (Å²) in [5.41, 5.74) is 19.5. The van der Waals surface area contributed by atoms with Crippen LogP contribution in [0.2, 0.25) is 0 Å². The van der Waals surface area contributed by atoms with Gasteiger partial charge in [-0.2, -0.15) is 0 Å². The maximum absolute atomic E-state index is 7.25. The summed E-state index contributed by atoms with van der Waals surface area (Å²) in [6.45, 7) is 4.70. The first kappa shape index (κ1) is 34.6. The molecule has 0 atom stereocenters. The fraction of sp³-hybridized carbons (Fsp3) is 0.0690. The Hall–Kier alpha value is -7.42. The minimum absolute atomic E-state index is 0.140. The summed E-state index contributed by atoms with van der Waals surface area (Å²) in [5, 5.41) is 2.19. The molecule has 0 fully saturated rings. The number of benzene rings is 9. The Bertz CT molecular complexity index is 3240. The maximum Gasteiger partial charge on any atom is 0.159 e. The third kappa shape index (κ3) is 4.82. The molecule has 0 radical (unpaired) electrons. The van der Waals surface area contributed by atoms with Crippen molar-refractivity contribution in [1.82, 2.24) is 0 Å². The molecule has 10 aromatic rings. The summed E-state index contributed by atoms with van der Waals surface area (Å²) < 4.78 is 7.25. The lowest BCUT2D eigenvalue weighted by molar-refractivity contribution is 0.660. The van der Waals surface area contributed by atoms with Crippen LogP contribution < -0.4 is 4.90 Å². The topological polar surface area (TPSA) is 16.4 Å². The number of furan rings is 1. The first-order valence-corrected chi connectivity index (χ1v) is 20.9. The number of fused-ring (bicyclic) bond motifs is 9. The highest BCUT2D eigenvalue weighted by Crippen LogP contribution is 2.58. The summed E-state index contributed by atoms with van der Waals surface area (Å²) in [6.07, 6.45) is 0. The van der Waals surface area contributed by atoms with Crippen molar-refractivity contribution in [2.45, 2.75) is 24.7 Å². The molecule has 2 heteroatoms. The van der Waals surface area contributed by atoms with E-state index in [1.807, 2.05) is 0 Å². The number of rotatable bonds is 6. The second-order valence-corrected chi connectivity index (χ2v) is 16.8. The Balaban J connectivity index is 1.10. The van der Waals surface area contributed by atoms with Gasteiger partial charge in [-0.1, -0.05) is 196 Å². The third-order valence-corrected chi connectivity index (χ3v) is 13.4. The first-order valence-electron chi connectivity index (χ1n) is 20.9. The molecular weight excluding hydrogens is 727 g/mol. The molecule has 284 valence electrons. The van der Waals surface area contributed by atoms with Crippen molar-refractivity contribution in [2.24, 2.45) is 0 Å². The van der Waals surface area contributed by atoms with Gasteiger partial charge in [0.2, 0.25) is 0 Å². The van der Waals surface area contributed by atoms with E-state index in [9.17, 15) is 0 Å². The van der Waals surface area contributed by atoms with Crippen LogP contribution in [0.1, 0.15) is 47.2 Å². The zero-order valence-electron chi connectivity index (χ0n) is 33.6. The summed E-state index contributed by atoms with van der Waals surface area (Å²) in [6, 6.07) is 77.7. The van der Waals surface area contributed by atoms with Crippen molar-refractivity contribution in [3.05, 3.63) is 246 Å². The van der Waals surface area contributed by atoms with E-state index in [4.69, 9.17) is 4.42 Å². The van der Waals surface area contributed by atoms with Gasteiger partial charge >= 0.3 is 0 Å². The predicted molar refractivity (Wildman–Crippen MR) is 249 cm³/mol. The van der Waals surface area contributed by atoms with E-state index in [-0.39, 0.29) is 5.41 Å². The lowest BCUT2D eigenvalue weighted by Crippen LogP contribution is -2.28. The molecule has 60 heavy (non-hydrogen) atoms.